The van der Waals surface area contributed by atoms with E-state index in [1.54, 1.807) is 0 Å². The summed E-state index contributed by atoms with van der Waals surface area (Å²) in [5, 5.41) is 3.58. The molecule has 27 heavy (non-hydrogen) atoms. The fourth-order valence-electron chi connectivity index (χ4n) is 3.09. The van der Waals surface area contributed by atoms with Crippen LogP contribution in [0.25, 0.3) is 9.40 Å². The van der Waals surface area contributed by atoms with E-state index in [2.05, 4.69) is 35.2 Å². The lowest BCUT2D eigenvalue weighted by Gasteiger charge is -2.01. The summed E-state index contributed by atoms with van der Waals surface area (Å²) in [6.45, 7) is 4.57. The average Bonchev–Trinajstić information content (AvgIpc) is 3.19. The van der Waals surface area contributed by atoms with E-state index in [4.69, 9.17) is 0 Å². The molecule has 0 saturated heterocycles. The largest absolute Gasteiger partial charge is 0.131 e. The van der Waals surface area contributed by atoms with Gasteiger partial charge in [-0.25, -0.2) is 0 Å². The molecule has 0 amide bonds. The Hall–Kier alpha value is 0.840. The minimum absolute atomic E-state index is 1.24. The third-order valence-electron chi connectivity index (χ3n) is 4.72. The highest BCUT2D eigenvalue weighted by atomic mass is 79.9. The maximum absolute atomic E-state index is 3.82. The van der Waals surface area contributed by atoms with E-state index in [1.807, 2.05) is 46.2 Å². The second kappa shape index (κ2) is 14.8. The first-order valence-corrected chi connectivity index (χ1v) is 15.1. The van der Waals surface area contributed by atoms with Crippen LogP contribution in [0.5, 0.6) is 0 Å². The molecule has 0 N–H and O–H groups in total. The second-order valence-corrected chi connectivity index (χ2v) is 12.5. The zero-order valence-electron chi connectivity index (χ0n) is 16.9. The first-order valence-electron chi connectivity index (χ1n) is 10.7. The molecule has 2 aromatic heterocycles. The molecule has 0 unspecified atom stereocenters. The minimum Gasteiger partial charge on any atom is -0.131 e. The highest BCUT2D eigenvalue weighted by Gasteiger charge is 2.16. The molecule has 0 bridgehead atoms. The van der Waals surface area contributed by atoms with E-state index in [-0.39, 0.29) is 0 Å². The molecule has 0 aliphatic carbocycles. The summed E-state index contributed by atoms with van der Waals surface area (Å²) < 4.78 is 4.26. The molecule has 0 atom stereocenters. The third kappa shape index (κ3) is 8.62. The van der Waals surface area contributed by atoms with Crippen LogP contribution in [0.2, 0.25) is 0 Å². The molecule has 0 aliphatic rings. The van der Waals surface area contributed by atoms with Gasteiger partial charge in [0.15, 0.2) is 0 Å². The summed E-state index contributed by atoms with van der Waals surface area (Å²) in [6, 6.07) is 0. The van der Waals surface area contributed by atoms with E-state index in [0.29, 0.717) is 0 Å². The van der Waals surface area contributed by atoms with Crippen molar-refractivity contribution < 1.29 is 0 Å². The van der Waals surface area contributed by atoms with Gasteiger partial charge < -0.3 is 0 Å². The predicted octanol–water partition coefficient (Wildman–Crippen LogP) is 10.4. The van der Waals surface area contributed by atoms with Crippen LogP contribution in [-0.4, -0.2) is 11.5 Å². The molecular formula is C22H34BrS4. The van der Waals surface area contributed by atoms with Gasteiger partial charge in [0.1, 0.15) is 0 Å². The molecule has 0 fully saturated rings. The number of thiophene rings is 2. The number of hydrogen-bond acceptors (Lipinski definition) is 4. The number of thioether (sulfide) groups is 2. The van der Waals surface area contributed by atoms with Crippen molar-refractivity contribution in [2.24, 2.45) is 0 Å². The lowest BCUT2D eigenvalue weighted by molar-refractivity contribution is 0.627. The van der Waals surface area contributed by atoms with E-state index < -0.39 is 0 Å². The monoisotopic (exact) mass is 505 g/mol. The van der Waals surface area contributed by atoms with Crippen LogP contribution < -0.4 is 0 Å². The summed E-state index contributed by atoms with van der Waals surface area (Å²) in [5.74, 6) is 2.49. The number of halogens is 1. The summed E-state index contributed by atoms with van der Waals surface area (Å²) >= 11 is 11.6. The predicted molar refractivity (Wildman–Crippen MR) is 134 cm³/mol. The van der Waals surface area contributed by atoms with Crippen molar-refractivity contribution in [2.75, 3.05) is 11.5 Å². The maximum Gasteiger partial charge on any atom is 0.0855 e. The van der Waals surface area contributed by atoms with E-state index in [0.717, 1.165) is 0 Å². The van der Waals surface area contributed by atoms with Gasteiger partial charge in [0.25, 0.3) is 0 Å². The Kier molecular flexibility index (Phi) is 13.2. The molecule has 153 valence electrons. The summed E-state index contributed by atoms with van der Waals surface area (Å²) in [4.78, 5) is 2.86. The molecule has 2 rings (SSSR count). The third-order valence-corrected chi connectivity index (χ3v) is 10.7. The van der Waals surface area contributed by atoms with Gasteiger partial charge in [-0.3, -0.25) is 0 Å². The molecule has 0 saturated carbocycles. The Morgan fingerprint density at radius 2 is 1.30 bits per heavy atom. The number of rotatable bonds is 16. The van der Waals surface area contributed by atoms with Crippen molar-refractivity contribution in [3.63, 3.8) is 0 Å². The fourth-order valence-corrected chi connectivity index (χ4v) is 9.11. The number of fused-ring (bicyclic) bond motifs is 1. The van der Waals surface area contributed by atoms with Gasteiger partial charge in [0.2, 0.25) is 0 Å². The first kappa shape index (κ1) is 24.1. The van der Waals surface area contributed by atoms with Crippen molar-refractivity contribution in [3.05, 3.63) is 9.17 Å². The zero-order valence-corrected chi connectivity index (χ0v) is 21.8. The standard InChI is InChI=1S/C22H34BrS4/c1-3-5-7-9-11-13-15-24-18-17-26-20-19(18)27-22(23)21(20)25-16-14-12-10-8-6-4-2/h3-16H2,1-2H3. The SMILES string of the molecule is CCCCCCCCSc1[c]sc2c(SCCCCCCCC)c(Br)sc12. The van der Waals surface area contributed by atoms with Crippen molar-refractivity contribution in [1.29, 1.82) is 0 Å². The lowest BCUT2D eigenvalue weighted by atomic mass is 10.1. The molecule has 0 spiro atoms. The molecule has 0 aromatic carbocycles. The van der Waals surface area contributed by atoms with Gasteiger partial charge in [-0.2, -0.15) is 0 Å². The van der Waals surface area contributed by atoms with Gasteiger partial charge in [0, 0.05) is 4.90 Å². The van der Waals surface area contributed by atoms with Crippen molar-refractivity contribution in [3.8, 4) is 0 Å². The molecule has 0 nitrogen and oxygen atoms in total. The van der Waals surface area contributed by atoms with Crippen molar-refractivity contribution in [1.82, 2.24) is 0 Å². The summed E-state index contributed by atoms with van der Waals surface area (Å²) in [7, 11) is 0. The second-order valence-electron chi connectivity index (χ2n) is 7.13. The molecular weight excluding hydrogens is 472 g/mol. The highest BCUT2D eigenvalue weighted by molar-refractivity contribution is 9.11. The number of hydrogen-bond donors (Lipinski definition) is 0. The summed E-state index contributed by atoms with van der Waals surface area (Å²) in [6.07, 6.45) is 16.5. The van der Waals surface area contributed by atoms with E-state index >= 15 is 0 Å². The van der Waals surface area contributed by atoms with Crippen molar-refractivity contribution >= 4 is 71.5 Å². The highest BCUT2D eigenvalue weighted by Crippen LogP contribution is 2.48. The molecule has 5 heteroatoms. The lowest BCUT2D eigenvalue weighted by Crippen LogP contribution is -1.82. The maximum atomic E-state index is 3.82. The van der Waals surface area contributed by atoms with Gasteiger partial charge in [-0.1, -0.05) is 78.1 Å². The Balaban J connectivity index is 1.73. The van der Waals surface area contributed by atoms with Gasteiger partial charge >= 0.3 is 0 Å². The average molecular weight is 507 g/mol. The van der Waals surface area contributed by atoms with Crippen LogP contribution in [0.15, 0.2) is 13.6 Å². The zero-order chi connectivity index (χ0) is 19.3. The van der Waals surface area contributed by atoms with E-state index in [1.165, 1.54) is 112 Å². The van der Waals surface area contributed by atoms with Crippen LogP contribution in [0, 0.1) is 5.38 Å². The molecule has 2 aromatic rings. The van der Waals surface area contributed by atoms with Gasteiger partial charge in [-0.15, -0.1) is 46.2 Å². The quantitative estimate of drug-likeness (QED) is 0.164. The number of unbranched alkanes of at least 4 members (excludes halogenated alkanes) is 10. The Morgan fingerprint density at radius 3 is 1.93 bits per heavy atom. The Bertz CT molecular complexity index is 632. The Morgan fingerprint density at radius 1 is 0.741 bits per heavy atom. The smallest absolute Gasteiger partial charge is 0.0855 e. The minimum atomic E-state index is 1.24. The van der Waals surface area contributed by atoms with Crippen LogP contribution in [0.3, 0.4) is 0 Å². The van der Waals surface area contributed by atoms with E-state index in [9.17, 15) is 0 Å². The van der Waals surface area contributed by atoms with Gasteiger partial charge in [-0.05, 0) is 40.3 Å². The Labute approximate surface area is 191 Å². The molecule has 2 heterocycles. The summed E-state index contributed by atoms with van der Waals surface area (Å²) in [5.41, 5.74) is 0. The van der Waals surface area contributed by atoms with Crippen LogP contribution >= 0.6 is 62.1 Å². The molecule has 1 radical (unpaired) electrons. The topological polar surface area (TPSA) is 0 Å². The fraction of sp³-hybridized carbons (Fsp3) is 0.727. The first-order chi connectivity index (χ1) is 13.3. The normalized spacial score (nSPS) is 11.7. The van der Waals surface area contributed by atoms with Crippen LogP contribution in [-0.2, 0) is 0 Å². The van der Waals surface area contributed by atoms with Crippen LogP contribution in [0.1, 0.15) is 90.9 Å². The molecule has 0 aliphatic heterocycles. The van der Waals surface area contributed by atoms with Crippen molar-refractivity contribution in [2.45, 2.75) is 101 Å². The van der Waals surface area contributed by atoms with Crippen LogP contribution in [0.4, 0.5) is 0 Å². The van der Waals surface area contributed by atoms with Gasteiger partial charge in [0.05, 0.1) is 23.5 Å².